The lowest BCUT2D eigenvalue weighted by molar-refractivity contribution is 0.205. The van der Waals surface area contributed by atoms with Crippen molar-refractivity contribution in [3.8, 4) is 11.8 Å². The fraction of sp³-hybridized carbons (Fsp3) is 0.316. The van der Waals surface area contributed by atoms with E-state index in [1.54, 1.807) is 6.20 Å². The van der Waals surface area contributed by atoms with Gasteiger partial charge in [-0.2, -0.15) is 0 Å². The van der Waals surface area contributed by atoms with Crippen LogP contribution in [0.4, 0.5) is 0 Å². The van der Waals surface area contributed by atoms with Crippen molar-refractivity contribution in [3.63, 3.8) is 0 Å². The maximum atomic E-state index is 5.84. The number of aromatic amines is 1. The van der Waals surface area contributed by atoms with Gasteiger partial charge >= 0.3 is 0 Å². The number of hydrogen-bond acceptors (Lipinski definition) is 3. The molecule has 1 N–H and O–H groups in total. The van der Waals surface area contributed by atoms with E-state index in [0.29, 0.717) is 5.76 Å². The molecule has 4 heterocycles. The van der Waals surface area contributed by atoms with Gasteiger partial charge in [0.25, 0.3) is 0 Å². The average Bonchev–Trinajstić information content (AvgIpc) is 3.20. The fourth-order valence-corrected chi connectivity index (χ4v) is 3.02. The first-order valence-corrected chi connectivity index (χ1v) is 8.14. The van der Waals surface area contributed by atoms with Crippen LogP contribution >= 0.6 is 0 Å². The van der Waals surface area contributed by atoms with E-state index in [0.717, 1.165) is 29.0 Å². The molecule has 1 aliphatic rings. The number of nitrogens with one attached hydrogen (secondary N) is 1. The van der Waals surface area contributed by atoms with E-state index in [9.17, 15) is 0 Å². The van der Waals surface area contributed by atoms with Gasteiger partial charge in [0, 0.05) is 11.6 Å². The summed E-state index contributed by atoms with van der Waals surface area (Å²) in [7, 11) is 0. The minimum Gasteiger partial charge on any atom is -0.451 e. The van der Waals surface area contributed by atoms with Crippen LogP contribution in [-0.2, 0) is 6.54 Å². The molecule has 1 fully saturated rings. The van der Waals surface area contributed by atoms with Gasteiger partial charge in [-0.15, -0.1) is 0 Å². The molecule has 116 valence electrons. The van der Waals surface area contributed by atoms with Crippen LogP contribution in [0.15, 0.2) is 40.9 Å². The zero-order valence-electron chi connectivity index (χ0n) is 13.0. The Hall–Kier alpha value is -2.51. The third-order valence-electron chi connectivity index (χ3n) is 4.20. The highest BCUT2D eigenvalue weighted by atomic mass is 16.3. The van der Waals surface area contributed by atoms with Gasteiger partial charge in [0.15, 0.2) is 5.76 Å². The molecule has 1 saturated heterocycles. The maximum absolute atomic E-state index is 5.84. The van der Waals surface area contributed by atoms with Crippen LogP contribution < -0.4 is 0 Å². The number of nitrogens with zero attached hydrogens (tertiary/aromatic N) is 2. The van der Waals surface area contributed by atoms with Gasteiger partial charge in [-0.3, -0.25) is 4.90 Å². The molecule has 4 heteroatoms. The Bertz CT molecular complexity index is 826. The monoisotopic (exact) mass is 305 g/mol. The van der Waals surface area contributed by atoms with Crippen LogP contribution in [0.2, 0.25) is 0 Å². The molecule has 0 aliphatic carbocycles. The second-order valence-corrected chi connectivity index (χ2v) is 5.98. The molecule has 3 aromatic heterocycles. The molecule has 0 amide bonds. The van der Waals surface area contributed by atoms with Crippen molar-refractivity contribution in [2.75, 3.05) is 13.1 Å². The van der Waals surface area contributed by atoms with E-state index in [4.69, 9.17) is 4.42 Å². The highest BCUT2D eigenvalue weighted by Gasteiger charge is 2.12. The van der Waals surface area contributed by atoms with Crippen molar-refractivity contribution in [3.05, 3.63) is 53.7 Å². The SMILES string of the molecule is C(#Cc1ccc(CN2CCCCC2)o1)c1cc2cccnc2[nH]1. The van der Waals surface area contributed by atoms with Crippen molar-refractivity contribution in [1.29, 1.82) is 0 Å². The molecule has 0 radical (unpaired) electrons. The van der Waals surface area contributed by atoms with Gasteiger partial charge in [0.2, 0.25) is 0 Å². The number of H-pyrrole nitrogens is 1. The first-order chi connectivity index (χ1) is 11.4. The fourth-order valence-electron chi connectivity index (χ4n) is 3.02. The normalized spacial score (nSPS) is 15.5. The quantitative estimate of drug-likeness (QED) is 0.737. The lowest BCUT2D eigenvalue weighted by atomic mass is 10.1. The summed E-state index contributed by atoms with van der Waals surface area (Å²) in [5.74, 6) is 7.91. The Kier molecular flexibility index (Phi) is 3.87. The molecule has 0 atom stereocenters. The summed E-state index contributed by atoms with van der Waals surface area (Å²) in [6.45, 7) is 3.23. The smallest absolute Gasteiger partial charge is 0.177 e. The molecule has 1 aliphatic heterocycles. The summed E-state index contributed by atoms with van der Waals surface area (Å²) < 4.78 is 5.84. The van der Waals surface area contributed by atoms with Gasteiger partial charge in [0.1, 0.15) is 11.4 Å². The molecule has 4 rings (SSSR count). The highest BCUT2D eigenvalue weighted by molar-refractivity contribution is 5.77. The maximum Gasteiger partial charge on any atom is 0.177 e. The van der Waals surface area contributed by atoms with Gasteiger partial charge < -0.3 is 9.40 Å². The van der Waals surface area contributed by atoms with Crippen molar-refractivity contribution >= 4 is 11.0 Å². The third-order valence-corrected chi connectivity index (χ3v) is 4.20. The van der Waals surface area contributed by atoms with Crippen LogP contribution in [0, 0.1) is 11.8 Å². The topological polar surface area (TPSA) is 45.1 Å². The molecule has 0 aromatic carbocycles. The van der Waals surface area contributed by atoms with Crippen LogP contribution in [0.5, 0.6) is 0 Å². The van der Waals surface area contributed by atoms with Gasteiger partial charge in [0.05, 0.1) is 12.2 Å². The number of piperidine rings is 1. The highest BCUT2D eigenvalue weighted by Crippen LogP contribution is 2.15. The summed E-state index contributed by atoms with van der Waals surface area (Å²) in [4.78, 5) is 9.92. The number of likely N-dealkylation sites (tertiary alicyclic amines) is 1. The molecule has 0 unspecified atom stereocenters. The summed E-state index contributed by atoms with van der Waals surface area (Å²) >= 11 is 0. The Morgan fingerprint density at radius 2 is 2.04 bits per heavy atom. The third kappa shape index (κ3) is 3.30. The second kappa shape index (κ2) is 6.31. The van der Waals surface area contributed by atoms with Crippen LogP contribution in [0.1, 0.15) is 36.5 Å². The van der Waals surface area contributed by atoms with Crippen molar-refractivity contribution < 1.29 is 4.42 Å². The predicted molar refractivity (Wildman–Crippen MR) is 89.9 cm³/mol. The number of aromatic nitrogens is 2. The molecule has 0 spiro atoms. The second-order valence-electron chi connectivity index (χ2n) is 5.98. The predicted octanol–water partition coefficient (Wildman–Crippen LogP) is 3.54. The Morgan fingerprint density at radius 1 is 1.13 bits per heavy atom. The number of hydrogen-bond donors (Lipinski definition) is 1. The lowest BCUT2D eigenvalue weighted by Gasteiger charge is -2.25. The van der Waals surface area contributed by atoms with Crippen LogP contribution in [0.3, 0.4) is 0 Å². The summed E-state index contributed by atoms with van der Waals surface area (Å²) in [6.07, 6.45) is 5.71. The van der Waals surface area contributed by atoms with Gasteiger partial charge in [-0.05, 0) is 68.1 Å². The Labute approximate surface area is 135 Å². The zero-order chi connectivity index (χ0) is 15.5. The van der Waals surface area contributed by atoms with Gasteiger partial charge in [-0.1, -0.05) is 6.42 Å². The Balaban J connectivity index is 1.47. The van der Waals surface area contributed by atoms with Gasteiger partial charge in [-0.25, -0.2) is 4.98 Å². The van der Waals surface area contributed by atoms with E-state index in [1.807, 2.05) is 30.3 Å². The van der Waals surface area contributed by atoms with Crippen LogP contribution in [-0.4, -0.2) is 28.0 Å². The number of pyridine rings is 1. The standard InChI is InChI=1S/C19H19N3O/c1-2-11-22(12-3-1)14-18-9-8-17(23-18)7-6-16-13-15-5-4-10-20-19(15)21-16/h4-5,8-10,13H,1-3,11-12,14H2,(H,20,21). The molecular formula is C19H19N3O. The minimum atomic E-state index is 0.712. The van der Waals surface area contributed by atoms with Crippen molar-refractivity contribution in [1.82, 2.24) is 14.9 Å². The van der Waals surface area contributed by atoms with E-state index in [2.05, 4.69) is 26.7 Å². The van der Waals surface area contributed by atoms with E-state index < -0.39 is 0 Å². The average molecular weight is 305 g/mol. The van der Waals surface area contributed by atoms with Crippen LogP contribution in [0.25, 0.3) is 11.0 Å². The summed E-state index contributed by atoms with van der Waals surface area (Å²) in [6, 6.07) is 9.94. The number of rotatable bonds is 2. The van der Waals surface area contributed by atoms with E-state index in [-0.39, 0.29) is 0 Å². The number of fused-ring (bicyclic) bond motifs is 1. The Morgan fingerprint density at radius 3 is 2.91 bits per heavy atom. The zero-order valence-corrected chi connectivity index (χ0v) is 13.0. The largest absolute Gasteiger partial charge is 0.451 e. The van der Waals surface area contributed by atoms with Crippen molar-refractivity contribution in [2.45, 2.75) is 25.8 Å². The number of furan rings is 1. The molecule has 0 saturated carbocycles. The summed E-state index contributed by atoms with van der Waals surface area (Å²) in [5, 5.41) is 1.07. The van der Waals surface area contributed by atoms with Crippen molar-refractivity contribution in [2.24, 2.45) is 0 Å². The minimum absolute atomic E-state index is 0.712. The van der Waals surface area contributed by atoms with E-state index >= 15 is 0 Å². The first-order valence-electron chi connectivity index (χ1n) is 8.14. The molecule has 0 bridgehead atoms. The van der Waals surface area contributed by atoms with E-state index in [1.165, 1.54) is 32.4 Å². The molecule has 4 nitrogen and oxygen atoms in total. The lowest BCUT2D eigenvalue weighted by Crippen LogP contribution is -2.28. The summed E-state index contributed by atoms with van der Waals surface area (Å²) in [5.41, 5.74) is 1.72. The first kappa shape index (κ1) is 14.1. The molecule has 3 aromatic rings. The molecular weight excluding hydrogens is 286 g/mol. The molecule has 23 heavy (non-hydrogen) atoms.